The highest BCUT2D eigenvalue weighted by molar-refractivity contribution is 9.10. The number of hydrogen-bond donors (Lipinski definition) is 1. The number of piperazine rings is 1. The third-order valence-electron chi connectivity index (χ3n) is 3.50. The summed E-state index contributed by atoms with van der Waals surface area (Å²) >= 11 is 3.29. The lowest BCUT2D eigenvalue weighted by molar-refractivity contribution is -0.137. The zero-order valence-electron chi connectivity index (χ0n) is 11.4. The van der Waals surface area contributed by atoms with E-state index >= 15 is 0 Å². The fourth-order valence-corrected chi connectivity index (χ4v) is 2.73. The first-order chi connectivity index (χ1) is 10.4. The summed E-state index contributed by atoms with van der Waals surface area (Å²) in [5.41, 5.74) is -0.691. The number of H-pyrrole nitrogens is 1. The summed E-state index contributed by atoms with van der Waals surface area (Å²) in [6.07, 6.45) is -1.35. The molecule has 0 aliphatic carbocycles. The number of nitrogens with zero attached hydrogens (tertiary/aromatic N) is 4. The van der Waals surface area contributed by atoms with Crippen molar-refractivity contribution in [1.29, 1.82) is 0 Å². The summed E-state index contributed by atoms with van der Waals surface area (Å²) in [6, 6.07) is 2.38. The normalized spacial score (nSPS) is 16.2. The van der Waals surface area contributed by atoms with Gasteiger partial charge in [-0.15, -0.1) is 0 Å². The van der Waals surface area contributed by atoms with Gasteiger partial charge in [-0.3, -0.25) is 0 Å². The number of anilines is 2. The van der Waals surface area contributed by atoms with Gasteiger partial charge in [0.05, 0.1) is 11.8 Å². The molecule has 0 bridgehead atoms. The van der Waals surface area contributed by atoms with E-state index in [1.54, 1.807) is 11.1 Å². The average Bonchev–Trinajstić information content (AvgIpc) is 2.93. The molecule has 1 N–H and O–H groups in total. The number of nitrogens with one attached hydrogen (secondary N) is 1. The van der Waals surface area contributed by atoms with Crippen molar-refractivity contribution in [2.75, 3.05) is 36.0 Å². The largest absolute Gasteiger partial charge is 0.419 e. The molecular weight excluding hydrogens is 363 g/mol. The Balaban J connectivity index is 1.74. The van der Waals surface area contributed by atoms with Crippen LogP contribution in [0.5, 0.6) is 0 Å². The highest BCUT2D eigenvalue weighted by atomic mass is 79.9. The second-order valence-electron chi connectivity index (χ2n) is 4.90. The van der Waals surface area contributed by atoms with Crippen molar-refractivity contribution in [1.82, 2.24) is 15.0 Å². The molecule has 1 saturated heterocycles. The lowest BCUT2D eigenvalue weighted by Crippen LogP contribution is -2.47. The minimum absolute atomic E-state index is 0.00437. The zero-order chi connectivity index (χ0) is 15.7. The molecule has 1 aliphatic heterocycles. The van der Waals surface area contributed by atoms with Crippen molar-refractivity contribution in [3.63, 3.8) is 0 Å². The predicted octanol–water partition coefficient (Wildman–Crippen LogP) is 2.91. The Bertz CT molecular complexity index is 649. The van der Waals surface area contributed by atoms with E-state index in [4.69, 9.17) is 0 Å². The van der Waals surface area contributed by atoms with Crippen molar-refractivity contribution in [3.8, 4) is 0 Å². The first-order valence-electron chi connectivity index (χ1n) is 6.68. The number of imidazole rings is 1. The first-order valence-corrected chi connectivity index (χ1v) is 7.47. The van der Waals surface area contributed by atoms with Gasteiger partial charge in [-0.2, -0.15) is 13.2 Å². The monoisotopic (exact) mass is 375 g/mol. The molecule has 22 heavy (non-hydrogen) atoms. The molecule has 3 heterocycles. The maximum Gasteiger partial charge on any atom is 0.419 e. The summed E-state index contributed by atoms with van der Waals surface area (Å²) in [5.74, 6) is 0.707. The number of rotatable bonds is 2. The van der Waals surface area contributed by atoms with Crippen LogP contribution in [0.3, 0.4) is 0 Å². The Morgan fingerprint density at radius 1 is 1.09 bits per heavy atom. The molecule has 0 saturated carbocycles. The third kappa shape index (κ3) is 3.03. The molecule has 0 aromatic carbocycles. The molecule has 0 unspecified atom stereocenters. The third-order valence-corrected chi connectivity index (χ3v) is 3.91. The molecule has 1 fully saturated rings. The van der Waals surface area contributed by atoms with E-state index in [1.807, 2.05) is 4.90 Å². The van der Waals surface area contributed by atoms with E-state index in [1.165, 1.54) is 12.3 Å². The van der Waals surface area contributed by atoms with Crippen LogP contribution in [0.4, 0.5) is 24.9 Å². The highest BCUT2D eigenvalue weighted by Crippen LogP contribution is 2.35. The van der Waals surface area contributed by atoms with Crippen LogP contribution < -0.4 is 9.80 Å². The first kappa shape index (κ1) is 15.1. The topological polar surface area (TPSA) is 48.1 Å². The molecule has 9 heteroatoms. The Hall–Kier alpha value is -1.77. The van der Waals surface area contributed by atoms with Crippen molar-refractivity contribution in [3.05, 3.63) is 34.7 Å². The van der Waals surface area contributed by atoms with Crippen LogP contribution in [0.25, 0.3) is 0 Å². The van der Waals surface area contributed by atoms with Gasteiger partial charge in [-0.25, -0.2) is 9.97 Å². The predicted molar refractivity (Wildman–Crippen MR) is 80.0 cm³/mol. The highest BCUT2D eigenvalue weighted by Gasteiger charge is 2.36. The Morgan fingerprint density at radius 2 is 1.77 bits per heavy atom. The zero-order valence-corrected chi connectivity index (χ0v) is 13.0. The summed E-state index contributed by atoms with van der Waals surface area (Å²) < 4.78 is 39.9. The molecule has 0 radical (unpaired) electrons. The number of aromatic amines is 1. The van der Waals surface area contributed by atoms with Gasteiger partial charge < -0.3 is 14.8 Å². The summed E-state index contributed by atoms with van der Waals surface area (Å²) in [5, 5.41) is 0. The van der Waals surface area contributed by atoms with E-state index in [2.05, 4.69) is 30.9 Å². The quantitative estimate of drug-likeness (QED) is 0.876. The van der Waals surface area contributed by atoms with Crippen molar-refractivity contribution >= 4 is 27.7 Å². The number of alkyl halides is 3. The molecule has 0 amide bonds. The van der Waals surface area contributed by atoms with Gasteiger partial charge in [0.25, 0.3) is 0 Å². The molecule has 0 atom stereocenters. The van der Waals surface area contributed by atoms with E-state index in [9.17, 15) is 13.2 Å². The summed E-state index contributed by atoms with van der Waals surface area (Å²) in [6.45, 7) is 2.07. The Kier molecular flexibility index (Phi) is 3.98. The van der Waals surface area contributed by atoms with Crippen LogP contribution in [0, 0.1) is 0 Å². The molecule has 0 spiro atoms. The van der Waals surface area contributed by atoms with Gasteiger partial charge in [-0.05, 0) is 28.1 Å². The standard InChI is InChI=1S/C13H13BrF3N5/c14-10-8-19-12(20-10)22-6-4-21(5-7-22)11-9(13(15,16)17)2-1-3-18-11/h1-3,8H,4-7H2,(H,19,20). The molecule has 3 rings (SSSR count). The fourth-order valence-electron chi connectivity index (χ4n) is 2.45. The van der Waals surface area contributed by atoms with E-state index in [0.717, 1.165) is 10.7 Å². The van der Waals surface area contributed by atoms with E-state index < -0.39 is 11.7 Å². The number of aromatic nitrogens is 3. The number of hydrogen-bond acceptors (Lipinski definition) is 4. The minimum atomic E-state index is -4.40. The Morgan fingerprint density at radius 3 is 2.36 bits per heavy atom. The number of pyridine rings is 1. The number of halogens is 4. The molecule has 2 aromatic heterocycles. The molecular formula is C13H13BrF3N5. The molecule has 118 valence electrons. The summed E-state index contributed by atoms with van der Waals surface area (Å²) in [7, 11) is 0. The van der Waals surface area contributed by atoms with E-state index in [-0.39, 0.29) is 5.82 Å². The SMILES string of the molecule is FC(F)(F)c1cccnc1N1CCN(c2ncc(Br)[nH]2)CC1. The van der Waals surface area contributed by atoms with Gasteiger partial charge >= 0.3 is 6.18 Å². The molecule has 5 nitrogen and oxygen atoms in total. The van der Waals surface area contributed by atoms with Crippen molar-refractivity contribution in [2.24, 2.45) is 0 Å². The van der Waals surface area contributed by atoms with E-state index in [0.29, 0.717) is 32.1 Å². The van der Waals surface area contributed by atoms with Crippen LogP contribution in [-0.2, 0) is 6.18 Å². The van der Waals surface area contributed by atoms with Gasteiger partial charge in [-0.1, -0.05) is 0 Å². The maximum atomic E-state index is 13.1. The average molecular weight is 376 g/mol. The van der Waals surface area contributed by atoms with Gasteiger partial charge in [0.2, 0.25) is 5.95 Å². The molecule has 1 aliphatic rings. The van der Waals surface area contributed by atoms with Crippen molar-refractivity contribution < 1.29 is 13.2 Å². The Labute approximate surface area is 133 Å². The fraction of sp³-hybridized carbons (Fsp3) is 0.385. The van der Waals surface area contributed by atoms with Gasteiger partial charge in [0.1, 0.15) is 10.4 Å². The van der Waals surface area contributed by atoms with Crippen LogP contribution in [0.2, 0.25) is 0 Å². The maximum absolute atomic E-state index is 13.1. The smallest absolute Gasteiger partial charge is 0.353 e. The van der Waals surface area contributed by atoms with Crippen molar-refractivity contribution in [2.45, 2.75) is 6.18 Å². The van der Waals surface area contributed by atoms with Gasteiger partial charge in [0, 0.05) is 32.4 Å². The van der Waals surface area contributed by atoms with Crippen LogP contribution >= 0.6 is 15.9 Å². The molecule has 2 aromatic rings. The van der Waals surface area contributed by atoms with Crippen LogP contribution in [0.15, 0.2) is 29.1 Å². The van der Waals surface area contributed by atoms with Crippen LogP contribution in [0.1, 0.15) is 5.56 Å². The summed E-state index contributed by atoms with van der Waals surface area (Å²) in [4.78, 5) is 14.8. The minimum Gasteiger partial charge on any atom is -0.353 e. The lowest BCUT2D eigenvalue weighted by Gasteiger charge is -2.36. The van der Waals surface area contributed by atoms with Crippen LogP contribution in [-0.4, -0.2) is 41.1 Å². The second kappa shape index (κ2) is 5.79. The van der Waals surface area contributed by atoms with Gasteiger partial charge in [0.15, 0.2) is 0 Å². The second-order valence-corrected chi connectivity index (χ2v) is 5.76. The lowest BCUT2D eigenvalue weighted by atomic mass is 10.2.